The van der Waals surface area contributed by atoms with Crippen LogP contribution < -0.4 is 5.32 Å². The molecule has 1 unspecified atom stereocenters. The number of rotatable bonds is 2. The van der Waals surface area contributed by atoms with Crippen molar-refractivity contribution in [3.8, 4) is 0 Å². The van der Waals surface area contributed by atoms with Crippen molar-refractivity contribution in [1.29, 1.82) is 0 Å². The monoisotopic (exact) mass is 298 g/mol. The number of hydrogen-bond acceptors (Lipinski definition) is 3. The van der Waals surface area contributed by atoms with Crippen molar-refractivity contribution < 1.29 is 23.1 Å². The maximum Gasteiger partial charge on any atom is 0.419 e. The second-order valence-corrected chi connectivity index (χ2v) is 5.18. The summed E-state index contributed by atoms with van der Waals surface area (Å²) in [6, 6.07) is 1.65. The first-order valence-corrected chi connectivity index (χ1v) is 6.56. The van der Waals surface area contributed by atoms with Crippen LogP contribution >= 0.6 is 0 Å². The minimum atomic E-state index is -1.04. The molecule has 1 heterocycles. The van der Waals surface area contributed by atoms with E-state index in [1.54, 1.807) is 20.8 Å². The van der Waals surface area contributed by atoms with Crippen LogP contribution in [-0.2, 0) is 4.74 Å². The Labute approximate surface area is 120 Å². The predicted octanol–water partition coefficient (Wildman–Crippen LogP) is 2.96. The number of nitrogens with one attached hydrogen (secondary N) is 1. The number of carbonyl (C=O) groups excluding carboxylic acids is 2. The highest BCUT2D eigenvalue weighted by Gasteiger charge is 2.44. The van der Waals surface area contributed by atoms with E-state index in [4.69, 9.17) is 4.74 Å². The maximum atomic E-state index is 13.4. The number of urea groups is 1. The molecule has 0 aliphatic carbocycles. The topological polar surface area (TPSA) is 58.6 Å². The van der Waals surface area contributed by atoms with E-state index < -0.39 is 35.9 Å². The Bertz CT molecular complexity index is 577. The molecule has 21 heavy (non-hydrogen) atoms. The Hall–Kier alpha value is -2.18. The highest BCUT2D eigenvalue weighted by Crippen LogP contribution is 2.33. The molecule has 0 bridgehead atoms. The summed E-state index contributed by atoms with van der Waals surface area (Å²) in [6.07, 6.45) is -1.46. The molecule has 3 amide bonds. The minimum absolute atomic E-state index is 0.174. The summed E-state index contributed by atoms with van der Waals surface area (Å²) in [6.45, 7) is 5.08. The van der Waals surface area contributed by atoms with Gasteiger partial charge in [0, 0.05) is 6.04 Å². The second kappa shape index (κ2) is 5.67. The third-order valence-corrected chi connectivity index (χ3v) is 3.12. The van der Waals surface area contributed by atoms with Crippen LogP contribution in [0.2, 0.25) is 0 Å². The third kappa shape index (κ3) is 2.96. The van der Waals surface area contributed by atoms with Gasteiger partial charge < -0.3 is 10.1 Å². The van der Waals surface area contributed by atoms with Crippen molar-refractivity contribution >= 4 is 12.1 Å². The van der Waals surface area contributed by atoms with E-state index in [1.165, 1.54) is 6.07 Å². The quantitative estimate of drug-likeness (QED) is 0.913. The van der Waals surface area contributed by atoms with Gasteiger partial charge in [0.2, 0.25) is 0 Å². The van der Waals surface area contributed by atoms with Crippen LogP contribution in [0.1, 0.15) is 32.4 Å². The highest BCUT2D eigenvalue weighted by molar-refractivity contribution is 5.93. The van der Waals surface area contributed by atoms with Gasteiger partial charge >= 0.3 is 12.1 Å². The molecule has 5 nitrogen and oxygen atoms in total. The molecular formula is C14H16F2N2O3. The summed E-state index contributed by atoms with van der Waals surface area (Å²) in [5.41, 5.74) is 0.297. The lowest BCUT2D eigenvalue weighted by Gasteiger charge is -2.23. The van der Waals surface area contributed by atoms with Crippen LogP contribution in [0.3, 0.4) is 0 Å². The Morgan fingerprint density at radius 1 is 1.33 bits per heavy atom. The summed E-state index contributed by atoms with van der Waals surface area (Å²) in [5.74, 6) is -2.03. The number of carbonyl (C=O) groups is 2. The molecule has 0 saturated carbocycles. The van der Waals surface area contributed by atoms with Crippen LogP contribution in [0.4, 0.5) is 18.4 Å². The molecule has 114 valence electrons. The van der Waals surface area contributed by atoms with Crippen molar-refractivity contribution in [2.45, 2.75) is 39.0 Å². The summed E-state index contributed by atoms with van der Waals surface area (Å²) in [5, 5.41) is 2.58. The molecule has 1 aliphatic heterocycles. The first-order chi connectivity index (χ1) is 9.81. The fourth-order valence-corrected chi connectivity index (χ4v) is 2.25. The predicted molar refractivity (Wildman–Crippen MR) is 70.5 cm³/mol. The lowest BCUT2D eigenvalue weighted by molar-refractivity contribution is 0.137. The number of imide groups is 1. The Morgan fingerprint density at radius 3 is 2.57 bits per heavy atom. The lowest BCUT2D eigenvalue weighted by atomic mass is 10.0. The van der Waals surface area contributed by atoms with E-state index in [9.17, 15) is 18.4 Å². The molecule has 2 atom stereocenters. The normalized spacial score (nSPS) is 21.6. The maximum absolute atomic E-state index is 13.4. The van der Waals surface area contributed by atoms with Crippen LogP contribution in [0.25, 0.3) is 0 Å². The molecular weight excluding hydrogens is 282 g/mol. The standard InChI is InChI=1S/C14H16F2N2O3/c1-7(2)17-13(19)18-12(8(3)21-14(18)20)9-4-5-10(15)11(16)6-9/h4-8,12H,1-3H3,(H,17,19)/t8?,12-/m1/s1. The van der Waals surface area contributed by atoms with Gasteiger partial charge in [0.05, 0.1) is 0 Å². The zero-order chi connectivity index (χ0) is 15.7. The van der Waals surface area contributed by atoms with E-state index in [0.29, 0.717) is 5.56 Å². The summed E-state index contributed by atoms with van der Waals surface area (Å²) in [7, 11) is 0. The van der Waals surface area contributed by atoms with Gasteiger partial charge in [0.15, 0.2) is 11.6 Å². The molecule has 1 aromatic carbocycles. The number of amides is 3. The van der Waals surface area contributed by atoms with Crippen LogP contribution in [0, 0.1) is 11.6 Å². The number of nitrogens with zero attached hydrogens (tertiary/aromatic N) is 1. The van der Waals surface area contributed by atoms with Crippen LogP contribution in [0.5, 0.6) is 0 Å². The van der Waals surface area contributed by atoms with Crippen molar-refractivity contribution in [2.75, 3.05) is 0 Å². The van der Waals surface area contributed by atoms with Crippen LogP contribution in [-0.4, -0.2) is 29.2 Å². The third-order valence-electron chi connectivity index (χ3n) is 3.12. The Morgan fingerprint density at radius 2 is 2.00 bits per heavy atom. The second-order valence-electron chi connectivity index (χ2n) is 5.18. The van der Waals surface area contributed by atoms with Crippen molar-refractivity contribution in [2.24, 2.45) is 0 Å². The molecule has 7 heteroatoms. The molecule has 0 radical (unpaired) electrons. The Kier molecular flexibility index (Phi) is 4.11. The average Bonchev–Trinajstić information content (AvgIpc) is 2.67. The van der Waals surface area contributed by atoms with Crippen molar-refractivity contribution in [3.05, 3.63) is 35.4 Å². The molecule has 1 saturated heterocycles. The van der Waals surface area contributed by atoms with Gasteiger partial charge in [-0.15, -0.1) is 0 Å². The summed E-state index contributed by atoms with van der Waals surface area (Å²) in [4.78, 5) is 24.8. The van der Waals surface area contributed by atoms with Crippen molar-refractivity contribution in [3.63, 3.8) is 0 Å². The average molecular weight is 298 g/mol. The van der Waals surface area contributed by atoms with E-state index >= 15 is 0 Å². The molecule has 2 rings (SSSR count). The number of ether oxygens (including phenoxy) is 1. The number of benzene rings is 1. The fourth-order valence-electron chi connectivity index (χ4n) is 2.25. The number of halogens is 2. The molecule has 1 fully saturated rings. The van der Waals surface area contributed by atoms with E-state index in [1.807, 2.05) is 0 Å². The van der Waals surface area contributed by atoms with Gasteiger partial charge in [-0.25, -0.2) is 23.3 Å². The summed E-state index contributed by atoms with van der Waals surface area (Å²) < 4.78 is 31.4. The van der Waals surface area contributed by atoms with Crippen molar-refractivity contribution in [1.82, 2.24) is 10.2 Å². The SMILES string of the molecule is CC(C)NC(=O)N1C(=O)OC(C)[C@@H]1c1ccc(F)c(F)c1. The number of hydrogen-bond donors (Lipinski definition) is 1. The molecule has 1 aliphatic rings. The molecule has 1 N–H and O–H groups in total. The van der Waals surface area contributed by atoms with Gasteiger partial charge in [-0.05, 0) is 38.5 Å². The van der Waals surface area contributed by atoms with Gasteiger partial charge in [-0.1, -0.05) is 6.07 Å². The zero-order valence-electron chi connectivity index (χ0n) is 11.9. The number of cyclic esters (lactones) is 1. The largest absolute Gasteiger partial charge is 0.443 e. The highest BCUT2D eigenvalue weighted by atomic mass is 19.2. The van der Waals surface area contributed by atoms with Gasteiger partial charge in [0.25, 0.3) is 0 Å². The van der Waals surface area contributed by atoms with E-state index in [-0.39, 0.29) is 6.04 Å². The smallest absolute Gasteiger partial charge is 0.419 e. The minimum Gasteiger partial charge on any atom is -0.443 e. The van der Waals surface area contributed by atoms with E-state index in [2.05, 4.69) is 5.32 Å². The Balaban J connectivity index is 2.35. The first kappa shape index (κ1) is 15.2. The summed E-state index contributed by atoms with van der Waals surface area (Å²) >= 11 is 0. The van der Waals surface area contributed by atoms with Gasteiger partial charge in [-0.2, -0.15) is 0 Å². The van der Waals surface area contributed by atoms with Gasteiger partial charge in [0.1, 0.15) is 12.1 Å². The first-order valence-electron chi connectivity index (χ1n) is 6.56. The molecule has 1 aromatic rings. The zero-order valence-corrected chi connectivity index (χ0v) is 11.9. The molecule has 0 aromatic heterocycles. The molecule has 0 spiro atoms. The fraction of sp³-hybridized carbons (Fsp3) is 0.429. The van der Waals surface area contributed by atoms with Gasteiger partial charge in [-0.3, -0.25) is 0 Å². The van der Waals surface area contributed by atoms with Crippen LogP contribution in [0.15, 0.2) is 18.2 Å². The van der Waals surface area contributed by atoms with E-state index in [0.717, 1.165) is 17.0 Å². The lowest BCUT2D eigenvalue weighted by Crippen LogP contribution is -2.45.